The molecule has 0 aliphatic carbocycles. The molecule has 1 atom stereocenters. The molecule has 29 heavy (non-hydrogen) atoms. The van der Waals surface area contributed by atoms with Crippen LogP contribution in [0.4, 0.5) is 5.69 Å². The molecule has 0 spiro atoms. The number of nitrogens with zero attached hydrogens (tertiary/aromatic N) is 3. The fourth-order valence-corrected chi connectivity index (χ4v) is 3.09. The van der Waals surface area contributed by atoms with Crippen LogP contribution in [0.2, 0.25) is 0 Å². The van der Waals surface area contributed by atoms with Gasteiger partial charge in [-0.1, -0.05) is 56.3 Å². The molecule has 0 amide bonds. The van der Waals surface area contributed by atoms with E-state index in [1.54, 1.807) is 0 Å². The minimum atomic E-state index is 0. The monoisotopic (exact) mass is 503 g/mol. The van der Waals surface area contributed by atoms with Crippen molar-refractivity contribution in [3.63, 3.8) is 0 Å². The Morgan fingerprint density at radius 2 is 1.86 bits per heavy atom. The Balaban J connectivity index is 0.00000300. The first-order chi connectivity index (χ1) is 13.7. The maximum absolute atomic E-state index is 6.04. The fraction of sp³-hybridized carbons (Fsp3) is 0.304. The third-order valence-corrected chi connectivity index (χ3v) is 4.98. The summed E-state index contributed by atoms with van der Waals surface area (Å²) in [6.07, 6.45) is 5.72. The first kappa shape index (κ1) is 22.9. The summed E-state index contributed by atoms with van der Waals surface area (Å²) >= 11 is 0. The molecule has 2 aromatic carbocycles. The number of rotatable bonds is 8. The van der Waals surface area contributed by atoms with E-state index in [4.69, 9.17) is 5.73 Å². The van der Waals surface area contributed by atoms with Crippen LogP contribution < -0.4 is 11.1 Å². The highest BCUT2D eigenvalue weighted by Crippen LogP contribution is 2.20. The number of imidazole rings is 1. The van der Waals surface area contributed by atoms with Crippen LogP contribution in [0, 0.1) is 0 Å². The number of hydrogen-bond donors (Lipinski definition) is 2. The number of anilines is 1. The highest BCUT2D eigenvalue weighted by Gasteiger charge is 2.05. The average Bonchev–Trinajstić information content (AvgIpc) is 3.15. The van der Waals surface area contributed by atoms with E-state index in [-0.39, 0.29) is 24.0 Å². The van der Waals surface area contributed by atoms with Gasteiger partial charge in [-0.25, -0.2) is 4.98 Å². The van der Waals surface area contributed by atoms with E-state index in [9.17, 15) is 0 Å². The van der Waals surface area contributed by atoms with Crippen LogP contribution in [0.15, 0.2) is 72.0 Å². The third kappa shape index (κ3) is 6.88. The van der Waals surface area contributed by atoms with Crippen molar-refractivity contribution in [2.24, 2.45) is 10.7 Å². The van der Waals surface area contributed by atoms with E-state index in [1.807, 2.05) is 18.5 Å². The second kappa shape index (κ2) is 11.6. The third-order valence-electron chi connectivity index (χ3n) is 4.98. The maximum atomic E-state index is 6.04. The summed E-state index contributed by atoms with van der Waals surface area (Å²) in [6.45, 7) is 5.85. The predicted molar refractivity (Wildman–Crippen MR) is 132 cm³/mol. The lowest BCUT2D eigenvalue weighted by Crippen LogP contribution is -2.23. The molecule has 6 heteroatoms. The van der Waals surface area contributed by atoms with E-state index < -0.39 is 0 Å². The van der Waals surface area contributed by atoms with Crippen molar-refractivity contribution in [3.05, 3.63) is 83.9 Å². The van der Waals surface area contributed by atoms with Gasteiger partial charge in [0.2, 0.25) is 0 Å². The molecule has 3 N–H and O–H groups in total. The first-order valence-corrected chi connectivity index (χ1v) is 9.86. The minimum absolute atomic E-state index is 0. The summed E-state index contributed by atoms with van der Waals surface area (Å²) in [4.78, 5) is 8.91. The molecule has 0 saturated heterocycles. The Bertz CT molecular complexity index is 887. The van der Waals surface area contributed by atoms with Crippen LogP contribution in [-0.4, -0.2) is 22.1 Å². The molecule has 0 aliphatic rings. The molecule has 5 nitrogen and oxygen atoms in total. The lowest BCUT2D eigenvalue weighted by molar-refractivity contribution is 0.716. The zero-order valence-corrected chi connectivity index (χ0v) is 19.4. The van der Waals surface area contributed by atoms with Crippen LogP contribution in [-0.2, 0) is 13.0 Å². The number of nitrogens with two attached hydrogens (primary N) is 1. The Hall–Kier alpha value is -2.35. The van der Waals surface area contributed by atoms with E-state index >= 15 is 0 Å². The van der Waals surface area contributed by atoms with Crippen molar-refractivity contribution in [3.8, 4) is 0 Å². The van der Waals surface area contributed by atoms with Gasteiger partial charge in [0.05, 0.1) is 0 Å². The molecule has 3 aromatic rings. The second-order valence-corrected chi connectivity index (χ2v) is 7.03. The van der Waals surface area contributed by atoms with Crippen LogP contribution in [0.25, 0.3) is 0 Å². The van der Waals surface area contributed by atoms with Crippen molar-refractivity contribution < 1.29 is 0 Å². The van der Waals surface area contributed by atoms with Crippen molar-refractivity contribution in [1.82, 2.24) is 9.55 Å². The van der Waals surface area contributed by atoms with E-state index in [2.05, 4.69) is 82.2 Å². The molecule has 154 valence electrons. The van der Waals surface area contributed by atoms with E-state index in [1.165, 1.54) is 11.1 Å². The average molecular weight is 503 g/mol. The lowest BCUT2D eigenvalue weighted by Gasteiger charge is -2.11. The molecule has 0 bridgehead atoms. The molecule has 0 radical (unpaired) electrons. The number of hydrogen-bond acceptors (Lipinski definition) is 2. The van der Waals surface area contributed by atoms with Gasteiger partial charge >= 0.3 is 0 Å². The minimum Gasteiger partial charge on any atom is -0.370 e. The Labute approximate surface area is 190 Å². The normalized spacial score (nSPS) is 12.3. The van der Waals surface area contributed by atoms with Crippen LogP contribution >= 0.6 is 24.0 Å². The number of benzene rings is 2. The topological polar surface area (TPSA) is 68.2 Å². The SMILES string of the molecule is CCC(C)c1ccc(NC(N)=NCCc2nccn2Cc2ccccc2)cc1.I. The molecular weight excluding hydrogens is 473 g/mol. The van der Waals surface area contributed by atoms with E-state index in [0.717, 1.165) is 30.9 Å². The fourth-order valence-electron chi connectivity index (χ4n) is 3.09. The second-order valence-electron chi connectivity index (χ2n) is 7.03. The quantitative estimate of drug-likeness (QED) is 0.257. The maximum Gasteiger partial charge on any atom is 0.193 e. The molecule has 0 aliphatic heterocycles. The number of guanidine groups is 1. The van der Waals surface area contributed by atoms with Gasteiger partial charge in [0, 0.05) is 37.6 Å². The van der Waals surface area contributed by atoms with Gasteiger partial charge in [-0.3, -0.25) is 4.99 Å². The van der Waals surface area contributed by atoms with Gasteiger partial charge in [0.1, 0.15) is 5.82 Å². The van der Waals surface area contributed by atoms with Crippen molar-refractivity contribution in [1.29, 1.82) is 0 Å². The largest absolute Gasteiger partial charge is 0.370 e. The first-order valence-electron chi connectivity index (χ1n) is 9.86. The Morgan fingerprint density at radius 3 is 2.55 bits per heavy atom. The molecule has 1 aromatic heterocycles. The molecule has 0 fully saturated rings. The van der Waals surface area contributed by atoms with Crippen molar-refractivity contribution >= 4 is 35.6 Å². The highest BCUT2D eigenvalue weighted by atomic mass is 127. The molecule has 1 unspecified atom stereocenters. The lowest BCUT2D eigenvalue weighted by atomic mass is 9.99. The standard InChI is InChI=1S/C23H29N5.HI/c1-3-18(2)20-9-11-21(12-10-20)27-23(24)26-14-13-22-25-15-16-28(22)17-19-7-5-4-6-8-19;/h4-12,15-16,18H,3,13-14,17H2,1-2H3,(H3,24,26,27);1H. The van der Waals surface area contributed by atoms with Gasteiger partial charge in [-0.2, -0.15) is 0 Å². The van der Waals surface area contributed by atoms with E-state index in [0.29, 0.717) is 18.4 Å². The van der Waals surface area contributed by atoms with Crippen molar-refractivity contribution in [2.75, 3.05) is 11.9 Å². The van der Waals surface area contributed by atoms with Crippen LogP contribution in [0.3, 0.4) is 0 Å². The number of halogens is 1. The zero-order valence-electron chi connectivity index (χ0n) is 17.1. The summed E-state index contributed by atoms with van der Waals surface area (Å²) < 4.78 is 2.15. The highest BCUT2D eigenvalue weighted by molar-refractivity contribution is 14.0. The van der Waals surface area contributed by atoms with Gasteiger partial charge in [0.15, 0.2) is 5.96 Å². The number of aliphatic imine (C=N–C) groups is 1. The summed E-state index contributed by atoms with van der Waals surface area (Å²) in [6, 6.07) is 18.8. The van der Waals surface area contributed by atoms with Gasteiger partial charge in [-0.15, -0.1) is 24.0 Å². The summed E-state index contributed by atoms with van der Waals surface area (Å²) in [7, 11) is 0. The molecular formula is C23H30IN5. The van der Waals surface area contributed by atoms with Crippen LogP contribution in [0.1, 0.15) is 43.1 Å². The molecule has 3 rings (SSSR count). The Morgan fingerprint density at radius 1 is 1.14 bits per heavy atom. The van der Waals surface area contributed by atoms with Gasteiger partial charge in [-0.05, 0) is 35.6 Å². The zero-order chi connectivity index (χ0) is 19.8. The van der Waals surface area contributed by atoms with Gasteiger partial charge in [0.25, 0.3) is 0 Å². The number of nitrogens with one attached hydrogen (secondary N) is 1. The molecule has 0 saturated carbocycles. The van der Waals surface area contributed by atoms with Gasteiger partial charge < -0.3 is 15.6 Å². The van der Waals surface area contributed by atoms with Crippen molar-refractivity contribution in [2.45, 2.75) is 39.2 Å². The summed E-state index contributed by atoms with van der Waals surface area (Å²) in [5.41, 5.74) is 9.60. The number of aromatic nitrogens is 2. The molecule has 1 heterocycles. The smallest absolute Gasteiger partial charge is 0.193 e. The van der Waals surface area contributed by atoms with Crippen LogP contribution in [0.5, 0.6) is 0 Å². The predicted octanol–water partition coefficient (Wildman–Crippen LogP) is 5.03. The summed E-state index contributed by atoms with van der Waals surface area (Å²) in [5.74, 6) is 2.01. The Kier molecular flexibility index (Phi) is 9.18. The summed E-state index contributed by atoms with van der Waals surface area (Å²) in [5, 5.41) is 3.16.